The van der Waals surface area contributed by atoms with Crippen LogP contribution in [0.5, 0.6) is 0 Å². The fourth-order valence-electron chi connectivity index (χ4n) is 6.34. The van der Waals surface area contributed by atoms with Gasteiger partial charge in [-0.25, -0.2) is 0 Å². The van der Waals surface area contributed by atoms with Crippen molar-refractivity contribution in [2.24, 2.45) is 23.2 Å². The van der Waals surface area contributed by atoms with Crippen molar-refractivity contribution in [1.82, 2.24) is 10.2 Å². The van der Waals surface area contributed by atoms with Crippen LogP contribution in [-0.4, -0.2) is 36.3 Å². The van der Waals surface area contributed by atoms with Gasteiger partial charge in [0, 0.05) is 19.5 Å². The number of rotatable bonds is 4. The van der Waals surface area contributed by atoms with Crippen LogP contribution in [-0.2, 0) is 9.59 Å². The van der Waals surface area contributed by atoms with Gasteiger partial charge in [0.05, 0.1) is 6.54 Å². The molecule has 0 radical (unpaired) electrons. The Kier molecular flexibility index (Phi) is 4.10. The van der Waals surface area contributed by atoms with Crippen LogP contribution >= 0.6 is 0 Å². The maximum Gasteiger partial charge on any atom is 0.241 e. The molecule has 1 N–H and O–H groups in total. The Balaban J connectivity index is 1.28. The molecule has 0 spiro atoms. The van der Waals surface area contributed by atoms with Crippen LogP contribution in [0.15, 0.2) is 0 Å². The smallest absolute Gasteiger partial charge is 0.241 e. The zero-order valence-electron chi connectivity index (χ0n) is 14.2. The molecular formula is C19H30N2O2. The summed E-state index contributed by atoms with van der Waals surface area (Å²) < 4.78 is 0. The first-order valence-corrected chi connectivity index (χ1v) is 9.66. The maximum atomic E-state index is 12.4. The third-order valence-electron chi connectivity index (χ3n) is 6.85. The molecule has 1 aliphatic heterocycles. The van der Waals surface area contributed by atoms with Gasteiger partial charge in [-0.1, -0.05) is 0 Å². The van der Waals surface area contributed by atoms with Crippen LogP contribution < -0.4 is 5.32 Å². The first kappa shape index (κ1) is 15.5. The van der Waals surface area contributed by atoms with Crippen LogP contribution in [0.2, 0.25) is 0 Å². The summed E-state index contributed by atoms with van der Waals surface area (Å²) in [4.78, 5) is 26.5. The van der Waals surface area contributed by atoms with E-state index < -0.39 is 0 Å². The third-order valence-corrected chi connectivity index (χ3v) is 6.85. The Hall–Kier alpha value is -1.06. The molecular weight excluding hydrogens is 288 g/mol. The molecule has 4 aliphatic carbocycles. The highest BCUT2D eigenvalue weighted by molar-refractivity contribution is 5.85. The van der Waals surface area contributed by atoms with Gasteiger partial charge in [0.2, 0.25) is 11.8 Å². The van der Waals surface area contributed by atoms with Gasteiger partial charge in [-0.2, -0.15) is 0 Å². The second-order valence-electron chi connectivity index (χ2n) is 8.81. The molecule has 0 atom stereocenters. The van der Waals surface area contributed by atoms with Gasteiger partial charge in [-0.05, 0) is 81.0 Å². The van der Waals surface area contributed by atoms with E-state index in [4.69, 9.17) is 0 Å². The van der Waals surface area contributed by atoms with Crippen molar-refractivity contribution in [3.63, 3.8) is 0 Å². The van der Waals surface area contributed by atoms with Crippen molar-refractivity contribution in [3.8, 4) is 0 Å². The van der Waals surface area contributed by atoms with Gasteiger partial charge in [-0.15, -0.1) is 0 Å². The summed E-state index contributed by atoms with van der Waals surface area (Å²) in [6, 6.07) is 0. The van der Waals surface area contributed by atoms with Gasteiger partial charge in [0.1, 0.15) is 0 Å². The van der Waals surface area contributed by atoms with Gasteiger partial charge >= 0.3 is 0 Å². The van der Waals surface area contributed by atoms with E-state index in [1.807, 2.05) is 4.90 Å². The summed E-state index contributed by atoms with van der Waals surface area (Å²) >= 11 is 0. The fraction of sp³-hybridized carbons (Fsp3) is 0.895. The zero-order chi connectivity index (χ0) is 15.9. The van der Waals surface area contributed by atoms with Crippen LogP contribution in [0.3, 0.4) is 0 Å². The number of likely N-dealkylation sites (tertiary alicyclic amines) is 1. The highest BCUT2D eigenvalue weighted by Gasteiger charge is 2.51. The first-order chi connectivity index (χ1) is 11.1. The van der Waals surface area contributed by atoms with E-state index in [0.29, 0.717) is 6.42 Å². The molecule has 4 bridgehead atoms. The van der Waals surface area contributed by atoms with Gasteiger partial charge in [-0.3, -0.25) is 9.59 Å². The van der Waals surface area contributed by atoms with E-state index >= 15 is 0 Å². The molecule has 4 heteroatoms. The number of carbonyl (C=O) groups excluding carboxylic acids is 2. The first-order valence-electron chi connectivity index (χ1n) is 9.66. The molecule has 0 aromatic carbocycles. The van der Waals surface area contributed by atoms with Crippen molar-refractivity contribution in [1.29, 1.82) is 0 Å². The molecule has 1 saturated heterocycles. The third kappa shape index (κ3) is 3.27. The van der Waals surface area contributed by atoms with E-state index in [1.54, 1.807) is 0 Å². The summed E-state index contributed by atoms with van der Waals surface area (Å²) in [5.74, 6) is 2.85. The summed E-state index contributed by atoms with van der Waals surface area (Å²) in [7, 11) is 0. The van der Waals surface area contributed by atoms with E-state index in [0.717, 1.165) is 43.7 Å². The average Bonchev–Trinajstić information content (AvgIpc) is 2.51. The average molecular weight is 318 g/mol. The quantitative estimate of drug-likeness (QED) is 0.866. The minimum absolute atomic E-state index is 0.101. The normalized spacial score (nSPS) is 38.6. The molecule has 0 aromatic heterocycles. The minimum Gasteiger partial charge on any atom is -0.347 e. The summed E-state index contributed by atoms with van der Waals surface area (Å²) in [6.45, 7) is 1.93. The monoisotopic (exact) mass is 318 g/mol. The highest BCUT2D eigenvalue weighted by atomic mass is 16.2. The van der Waals surface area contributed by atoms with Crippen molar-refractivity contribution >= 4 is 11.8 Å². The maximum absolute atomic E-state index is 12.4. The second-order valence-corrected chi connectivity index (χ2v) is 8.81. The molecule has 0 unspecified atom stereocenters. The summed E-state index contributed by atoms with van der Waals surface area (Å²) in [5, 5.41) is 2.92. The predicted molar refractivity (Wildman–Crippen MR) is 88.7 cm³/mol. The molecule has 0 aromatic rings. The van der Waals surface area contributed by atoms with Crippen molar-refractivity contribution in [2.45, 2.75) is 64.2 Å². The van der Waals surface area contributed by atoms with Gasteiger partial charge in [0.15, 0.2) is 0 Å². The number of hydrogen-bond acceptors (Lipinski definition) is 2. The number of carbonyl (C=O) groups is 2. The number of nitrogens with zero attached hydrogens (tertiary/aromatic N) is 1. The minimum atomic E-state index is 0.101. The largest absolute Gasteiger partial charge is 0.347 e. The number of nitrogens with one attached hydrogen (secondary N) is 1. The molecule has 4 saturated carbocycles. The number of piperidine rings is 1. The summed E-state index contributed by atoms with van der Waals surface area (Å²) in [6.07, 6.45) is 12.1. The van der Waals surface area contributed by atoms with Crippen molar-refractivity contribution in [3.05, 3.63) is 0 Å². The Bertz CT molecular complexity index is 446. The molecule has 2 amide bonds. The van der Waals surface area contributed by atoms with Crippen LogP contribution in [0.4, 0.5) is 0 Å². The molecule has 23 heavy (non-hydrogen) atoms. The van der Waals surface area contributed by atoms with E-state index in [1.165, 1.54) is 44.9 Å². The summed E-state index contributed by atoms with van der Waals surface area (Å²) in [5.41, 5.74) is 0.271. The Labute approximate surface area is 139 Å². The van der Waals surface area contributed by atoms with E-state index in [-0.39, 0.29) is 23.8 Å². The lowest BCUT2D eigenvalue weighted by atomic mass is 9.49. The van der Waals surface area contributed by atoms with Crippen LogP contribution in [0, 0.1) is 23.2 Å². The highest BCUT2D eigenvalue weighted by Crippen LogP contribution is 2.61. The SMILES string of the molecule is O=C(CC12CC3CC(CC(C3)C1)C2)NCC(=O)N1CCCCC1. The molecule has 5 aliphatic rings. The van der Waals surface area contributed by atoms with Gasteiger partial charge in [0.25, 0.3) is 0 Å². The molecule has 1 heterocycles. The Morgan fingerprint density at radius 1 is 0.913 bits per heavy atom. The number of amides is 2. The lowest BCUT2D eigenvalue weighted by Crippen LogP contribution is -2.49. The topological polar surface area (TPSA) is 49.4 Å². The Morgan fingerprint density at radius 3 is 2.04 bits per heavy atom. The number of hydrogen-bond donors (Lipinski definition) is 1. The lowest BCUT2D eigenvalue weighted by molar-refractivity contribution is -0.136. The van der Waals surface area contributed by atoms with Crippen molar-refractivity contribution in [2.75, 3.05) is 19.6 Å². The molecule has 5 fully saturated rings. The van der Waals surface area contributed by atoms with Crippen LogP contribution in [0.1, 0.15) is 64.2 Å². The van der Waals surface area contributed by atoms with E-state index in [2.05, 4.69) is 5.32 Å². The second kappa shape index (κ2) is 6.10. The standard InChI is InChI=1S/C19H30N2O2/c22-17(20-13-18(23)21-4-2-1-3-5-21)12-19-9-14-6-15(10-19)8-16(7-14)11-19/h14-16H,1-13H2,(H,20,22). The van der Waals surface area contributed by atoms with E-state index in [9.17, 15) is 9.59 Å². The zero-order valence-corrected chi connectivity index (χ0v) is 14.2. The predicted octanol–water partition coefficient (Wildman–Crippen LogP) is 2.72. The van der Waals surface area contributed by atoms with Gasteiger partial charge < -0.3 is 10.2 Å². The molecule has 4 nitrogen and oxygen atoms in total. The Morgan fingerprint density at radius 2 is 1.48 bits per heavy atom. The molecule has 5 rings (SSSR count). The molecule has 128 valence electrons. The van der Waals surface area contributed by atoms with Crippen molar-refractivity contribution < 1.29 is 9.59 Å². The lowest BCUT2D eigenvalue weighted by Gasteiger charge is -2.56. The fourth-order valence-corrected chi connectivity index (χ4v) is 6.34. The van der Waals surface area contributed by atoms with Crippen LogP contribution in [0.25, 0.3) is 0 Å².